The van der Waals surface area contributed by atoms with Gasteiger partial charge in [-0.2, -0.15) is 0 Å². The Hall–Kier alpha value is -0.0400. The van der Waals surface area contributed by atoms with Crippen molar-refractivity contribution in [3.05, 3.63) is 0 Å². The summed E-state index contributed by atoms with van der Waals surface area (Å²) < 4.78 is 0. The second-order valence-corrected chi connectivity index (χ2v) is 5.27. The van der Waals surface area contributed by atoms with Gasteiger partial charge in [0.1, 0.15) is 0 Å². The third kappa shape index (κ3) is 1.63. The second kappa shape index (κ2) is 3.61. The summed E-state index contributed by atoms with van der Waals surface area (Å²) in [5.74, 6) is 1.93. The van der Waals surface area contributed by atoms with E-state index in [0.717, 1.165) is 17.3 Å². The van der Waals surface area contributed by atoms with E-state index < -0.39 is 0 Å². The molecule has 1 saturated heterocycles. The molecule has 1 spiro atoms. The lowest BCUT2D eigenvalue weighted by Gasteiger charge is -2.48. The van der Waals surface area contributed by atoms with E-state index in [1.165, 1.54) is 45.2 Å². The molecule has 2 aliphatic rings. The van der Waals surface area contributed by atoms with Crippen molar-refractivity contribution in [3.8, 4) is 0 Å². The molecule has 1 nitrogen and oxygen atoms in total. The van der Waals surface area contributed by atoms with E-state index in [4.69, 9.17) is 0 Å². The molecule has 2 atom stereocenters. The smallest absolute Gasteiger partial charge is 0.00435 e. The summed E-state index contributed by atoms with van der Waals surface area (Å²) in [6.07, 6.45) is 7.30. The van der Waals surface area contributed by atoms with Gasteiger partial charge in [-0.3, -0.25) is 0 Å². The topological polar surface area (TPSA) is 12.0 Å². The first-order chi connectivity index (χ1) is 6.25. The molecule has 0 bridgehead atoms. The molecule has 0 aromatic heterocycles. The summed E-state index contributed by atoms with van der Waals surface area (Å²) in [5.41, 5.74) is 0.725. The fraction of sp³-hybridized carbons (Fsp3) is 1.00. The van der Waals surface area contributed by atoms with Crippen LogP contribution in [-0.2, 0) is 0 Å². The van der Waals surface area contributed by atoms with E-state index in [1.807, 2.05) is 0 Å². The maximum absolute atomic E-state index is 3.49. The van der Waals surface area contributed by atoms with Gasteiger partial charge in [0.05, 0.1) is 0 Å². The Morgan fingerprint density at radius 1 is 1.08 bits per heavy atom. The van der Waals surface area contributed by atoms with Gasteiger partial charge in [0.2, 0.25) is 0 Å². The molecule has 2 unspecified atom stereocenters. The number of rotatable bonds is 0. The Labute approximate surface area is 82.3 Å². The predicted octanol–water partition coefficient (Wildman–Crippen LogP) is 2.81. The van der Waals surface area contributed by atoms with Crippen molar-refractivity contribution in [2.24, 2.45) is 17.3 Å². The highest BCUT2D eigenvalue weighted by Gasteiger charge is 2.41. The van der Waals surface area contributed by atoms with Crippen LogP contribution in [0.1, 0.15) is 46.0 Å². The largest absolute Gasteiger partial charge is 0.317 e. The highest BCUT2D eigenvalue weighted by Crippen LogP contribution is 2.49. The van der Waals surface area contributed by atoms with Crippen molar-refractivity contribution >= 4 is 0 Å². The summed E-state index contributed by atoms with van der Waals surface area (Å²) in [6.45, 7) is 7.47. The van der Waals surface area contributed by atoms with Crippen molar-refractivity contribution in [1.29, 1.82) is 0 Å². The van der Waals surface area contributed by atoms with Crippen LogP contribution < -0.4 is 5.32 Å². The first-order valence-electron chi connectivity index (χ1n) is 5.95. The van der Waals surface area contributed by atoms with Crippen LogP contribution in [-0.4, -0.2) is 13.1 Å². The lowest BCUT2D eigenvalue weighted by molar-refractivity contribution is 0.0302. The maximum Gasteiger partial charge on any atom is -0.00435 e. The summed E-state index contributed by atoms with van der Waals surface area (Å²) in [7, 11) is 0. The second-order valence-electron chi connectivity index (χ2n) is 5.27. The lowest BCUT2D eigenvalue weighted by Crippen LogP contribution is -2.44. The first-order valence-corrected chi connectivity index (χ1v) is 5.95. The molecule has 13 heavy (non-hydrogen) atoms. The molecule has 1 heteroatoms. The molecule has 2 fully saturated rings. The number of hydrogen-bond acceptors (Lipinski definition) is 1. The molecule has 1 N–H and O–H groups in total. The van der Waals surface area contributed by atoms with Gasteiger partial charge in [0.25, 0.3) is 0 Å². The summed E-state index contributed by atoms with van der Waals surface area (Å²) >= 11 is 0. The summed E-state index contributed by atoms with van der Waals surface area (Å²) in [4.78, 5) is 0. The Balaban J connectivity index is 2.09. The van der Waals surface area contributed by atoms with E-state index in [0.29, 0.717) is 0 Å². The zero-order chi connectivity index (χ0) is 9.31. The van der Waals surface area contributed by atoms with Gasteiger partial charge in [0.15, 0.2) is 0 Å². The van der Waals surface area contributed by atoms with E-state index in [9.17, 15) is 0 Å². The normalized spacial score (nSPS) is 39.2. The monoisotopic (exact) mass is 181 g/mol. The fourth-order valence-electron chi connectivity index (χ4n) is 3.49. The van der Waals surface area contributed by atoms with E-state index in [2.05, 4.69) is 19.2 Å². The zero-order valence-corrected chi connectivity index (χ0v) is 9.10. The molecule has 76 valence electrons. The summed E-state index contributed by atoms with van der Waals surface area (Å²) in [6, 6.07) is 0. The summed E-state index contributed by atoms with van der Waals surface area (Å²) in [5, 5.41) is 3.49. The van der Waals surface area contributed by atoms with Crippen LogP contribution in [0, 0.1) is 17.3 Å². The van der Waals surface area contributed by atoms with Crippen molar-refractivity contribution in [3.63, 3.8) is 0 Å². The number of nitrogens with one attached hydrogen (secondary N) is 1. The van der Waals surface area contributed by atoms with Gasteiger partial charge in [-0.1, -0.05) is 26.7 Å². The average Bonchev–Trinajstić information content (AvgIpc) is 2.16. The van der Waals surface area contributed by atoms with E-state index >= 15 is 0 Å². The molecule has 0 aromatic carbocycles. The van der Waals surface area contributed by atoms with Crippen LogP contribution >= 0.6 is 0 Å². The van der Waals surface area contributed by atoms with Gasteiger partial charge < -0.3 is 5.32 Å². The Morgan fingerprint density at radius 2 is 1.77 bits per heavy atom. The van der Waals surface area contributed by atoms with Crippen LogP contribution in [0.4, 0.5) is 0 Å². The molecule has 1 heterocycles. The third-order valence-corrected chi connectivity index (χ3v) is 4.75. The highest BCUT2D eigenvalue weighted by atomic mass is 14.9. The van der Waals surface area contributed by atoms with Crippen LogP contribution in [0.5, 0.6) is 0 Å². The molecule has 1 aliphatic carbocycles. The van der Waals surface area contributed by atoms with Gasteiger partial charge >= 0.3 is 0 Å². The standard InChI is InChI=1S/C12H23N/c1-10-4-3-5-12(11(10)2)6-8-13-9-7-12/h10-11,13H,3-9H2,1-2H3. The molecule has 0 aromatic rings. The molecule has 0 amide bonds. The molecular formula is C12H23N. The predicted molar refractivity (Wildman–Crippen MR) is 56.7 cm³/mol. The molecule has 2 rings (SSSR count). The molecular weight excluding hydrogens is 158 g/mol. The van der Waals surface area contributed by atoms with Gasteiger partial charge in [0, 0.05) is 0 Å². The minimum absolute atomic E-state index is 0.725. The van der Waals surface area contributed by atoms with Crippen molar-refractivity contribution in [2.75, 3.05) is 13.1 Å². The average molecular weight is 181 g/mol. The van der Waals surface area contributed by atoms with E-state index in [-0.39, 0.29) is 0 Å². The minimum atomic E-state index is 0.725. The van der Waals surface area contributed by atoms with E-state index in [1.54, 1.807) is 0 Å². The zero-order valence-electron chi connectivity index (χ0n) is 9.10. The van der Waals surface area contributed by atoms with Crippen LogP contribution in [0.15, 0.2) is 0 Å². The maximum atomic E-state index is 3.49. The molecule has 1 aliphatic heterocycles. The number of piperidine rings is 1. The van der Waals surface area contributed by atoms with Crippen molar-refractivity contribution in [1.82, 2.24) is 5.32 Å². The Morgan fingerprint density at radius 3 is 2.46 bits per heavy atom. The third-order valence-electron chi connectivity index (χ3n) is 4.75. The Kier molecular flexibility index (Phi) is 2.64. The van der Waals surface area contributed by atoms with Crippen molar-refractivity contribution in [2.45, 2.75) is 46.0 Å². The SMILES string of the molecule is CC1CCCC2(CCNCC2)C1C. The molecule has 1 saturated carbocycles. The van der Waals surface area contributed by atoms with Crippen molar-refractivity contribution < 1.29 is 0 Å². The highest BCUT2D eigenvalue weighted by molar-refractivity contribution is 4.93. The van der Waals surface area contributed by atoms with Crippen LogP contribution in [0.3, 0.4) is 0 Å². The van der Waals surface area contributed by atoms with Gasteiger partial charge in [-0.15, -0.1) is 0 Å². The van der Waals surface area contributed by atoms with Crippen LogP contribution in [0.25, 0.3) is 0 Å². The minimum Gasteiger partial charge on any atom is -0.317 e. The van der Waals surface area contributed by atoms with Gasteiger partial charge in [-0.25, -0.2) is 0 Å². The lowest BCUT2D eigenvalue weighted by atomic mass is 9.59. The van der Waals surface area contributed by atoms with Gasteiger partial charge in [-0.05, 0) is 49.6 Å². The number of hydrogen-bond donors (Lipinski definition) is 1. The molecule has 0 radical (unpaired) electrons. The van der Waals surface area contributed by atoms with Crippen LogP contribution in [0.2, 0.25) is 0 Å². The fourth-order valence-corrected chi connectivity index (χ4v) is 3.49. The first kappa shape index (κ1) is 9.51. The quantitative estimate of drug-likeness (QED) is 0.606. The Bertz CT molecular complexity index is 164.